The number of allylic oxidation sites excluding steroid dienone is 3. The molecule has 106 valence electrons. The van der Waals surface area contributed by atoms with Crippen molar-refractivity contribution in [2.75, 3.05) is 11.6 Å². The molecular weight excluding hydrogens is 260 g/mol. The summed E-state index contributed by atoms with van der Waals surface area (Å²) in [6.07, 6.45) is 6.85. The van der Waals surface area contributed by atoms with Crippen molar-refractivity contribution in [1.29, 1.82) is 0 Å². The van der Waals surface area contributed by atoms with E-state index in [1.54, 1.807) is 28.8 Å². The molecule has 0 bridgehead atoms. The summed E-state index contributed by atoms with van der Waals surface area (Å²) in [5.74, 6) is 1.04. The third-order valence-electron chi connectivity index (χ3n) is 2.51. The number of hydrogen-bond donors (Lipinski definition) is 1. The van der Waals surface area contributed by atoms with Crippen LogP contribution in [0.3, 0.4) is 0 Å². The average molecular weight is 282 g/mol. The summed E-state index contributed by atoms with van der Waals surface area (Å²) in [6, 6.07) is -0.369. The van der Waals surface area contributed by atoms with Gasteiger partial charge in [-0.05, 0) is 27.7 Å². The molecule has 19 heavy (non-hydrogen) atoms. The Balaban J connectivity index is 2.68. The van der Waals surface area contributed by atoms with E-state index >= 15 is 0 Å². The van der Waals surface area contributed by atoms with Crippen LogP contribution in [0.25, 0.3) is 0 Å². The normalized spacial score (nSPS) is 20.4. The summed E-state index contributed by atoms with van der Waals surface area (Å²) in [5, 5.41) is 2.93. The molecule has 0 saturated carbocycles. The van der Waals surface area contributed by atoms with Crippen molar-refractivity contribution in [2.45, 2.75) is 39.3 Å². The predicted molar refractivity (Wildman–Crippen MR) is 79.8 cm³/mol. The summed E-state index contributed by atoms with van der Waals surface area (Å²) in [6.45, 7) is 7.70. The Bertz CT molecular complexity index is 397. The Morgan fingerprint density at radius 2 is 2.00 bits per heavy atom. The van der Waals surface area contributed by atoms with Gasteiger partial charge in [0.15, 0.2) is 0 Å². The average Bonchev–Trinajstić information content (AvgIpc) is 2.75. The maximum Gasteiger partial charge on any atom is 0.247 e. The van der Waals surface area contributed by atoms with Gasteiger partial charge >= 0.3 is 0 Å². The zero-order valence-corrected chi connectivity index (χ0v) is 12.8. The van der Waals surface area contributed by atoms with E-state index in [1.807, 2.05) is 33.8 Å². The lowest BCUT2D eigenvalue weighted by molar-refractivity contribution is -0.135. The molecule has 1 N–H and O–H groups in total. The maximum absolute atomic E-state index is 12.1. The van der Waals surface area contributed by atoms with Gasteiger partial charge < -0.3 is 10.2 Å². The largest absolute Gasteiger partial charge is 0.350 e. The van der Waals surface area contributed by atoms with Crippen LogP contribution < -0.4 is 5.32 Å². The molecule has 4 nitrogen and oxygen atoms in total. The van der Waals surface area contributed by atoms with E-state index in [0.717, 1.165) is 0 Å². The number of nitrogens with zero attached hydrogens (tertiary/aromatic N) is 1. The minimum absolute atomic E-state index is 0.0784. The van der Waals surface area contributed by atoms with Crippen LogP contribution in [0.15, 0.2) is 24.3 Å². The standard InChI is InChI=1S/C14H22N2O2S/c1-5-6-7-8-12(17)16-10-19-9-11(16)13(18)15-14(2,3)4/h5-8,11H,9-10H2,1-4H3,(H,15,18)/b6-5+,8-7+/t11-/m1/s1. The van der Waals surface area contributed by atoms with Crippen LogP contribution in [0.5, 0.6) is 0 Å². The molecule has 1 fully saturated rings. The molecule has 0 radical (unpaired) electrons. The zero-order valence-electron chi connectivity index (χ0n) is 12.0. The molecule has 0 spiro atoms. The zero-order chi connectivity index (χ0) is 14.5. The van der Waals surface area contributed by atoms with Crippen LogP contribution in [0.2, 0.25) is 0 Å². The summed E-state index contributed by atoms with van der Waals surface area (Å²) < 4.78 is 0. The second kappa shape index (κ2) is 6.80. The van der Waals surface area contributed by atoms with E-state index in [9.17, 15) is 9.59 Å². The van der Waals surface area contributed by atoms with Crippen molar-refractivity contribution < 1.29 is 9.59 Å². The Hall–Kier alpha value is -1.23. The topological polar surface area (TPSA) is 49.4 Å². The highest BCUT2D eigenvalue weighted by Gasteiger charge is 2.34. The van der Waals surface area contributed by atoms with Gasteiger partial charge in [-0.2, -0.15) is 0 Å². The monoisotopic (exact) mass is 282 g/mol. The second-order valence-electron chi connectivity index (χ2n) is 5.45. The highest BCUT2D eigenvalue weighted by Crippen LogP contribution is 2.22. The third-order valence-corrected chi connectivity index (χ3v) is 3.52. The van der Waals surface area contributed by atoms with E-state index in [2.05, 4.69) is 5.32 Å². The van der Waals surface area contributed by atoms with Crippen LogP contribution in [0.1, 0.15) is 27.7 Å². The number of nitrogens with one attached hydrogen (secondary N) is 1. The third kappa shape index (κ3) is 5.11. The molecule has 1 rings (SSSR count). The predicted octanol–water partition coefficient (Wildman–Crippen LogP) is 1.93. The lowest BCUT2D eigenvalue weighted by Crippen LogP contribution is -2.52. The van der Waals surface area contributed by atoms with Crippen LogP contribution in [0.4, 0.5) is 0 Å². The van der Waals surface area contributed by atoms with Crippen molar-refractivity contribution in [1.82, 2.24) is 10.2 Å². The molecule has 1 heterocycles. The summed E-state index contributed by atoms with van der Waals surface area (Å²) in [7, 11) is 0. The maximum atomic E-state index is 12.1. The fraction of sp³-hybridized carbons (Fsp3) is 0.571. The van der Waals surface area contributed by atoms with Crippen LogP contribution in [-0.4, -0.2) is 39.9 Å². The lowest BCUT2D eigenvalue weighted by Gasteiger charge is -2.27. The van der Waals surface area contributed by atoms with Gasteiger partial charge in [0.2, 0.25) is 11.8 Å². The SMILES string of the molecule is C/C=C/C=C/C(=O)N1CSC[C@@H]1C(=O)NC(C)(C)C. The van der Waals surface area contributed by atoms with Crippen LogP contribution in [-0.2, 0) is 9.59 Å². The Morgan fingerprint density at radius 1 is 1.32 bits per heavy atom. The molecule has 1 saturated heterocycles. The van der Waals surface area contributed by atoms with E-state index in [4.69, 9.17) is 0 Å². The molecule has 1 atom stereocenters. The second-order valence-corrected chi connectivity index (χ2v) is 6.45. The molecule has 1 aliphatic heterocycles. The highest BCUT2D eigenvalue weighted by atomic mass is 32.2. The number of amides is 2. The number of hydrogen-bond acceptors (Lipinski definition) is 3. The first kappa shape index (κ1) is 15.8. The first-order valence-electron chi connectivity index (χ1n) is 6.35. The van der Waals surface area contributed by atoms with Gasteiger partial charge in [0.25, 0.3) is 0 Å². The Kier molecular flexibility index (Phi) is 5.66. The summed E-state index contributed by atoms with van der Waals surface area (Å²) >= 11 is 1.60. The molecule has 2 amide bonds. The van der Waals surface area contributed by atoms with Gasteiger partial charge in [0.1, 0.15) is 6.04 Å². The van der Waals surface area contributed by atoms with Gasteiger partial charge in [-0.25, -0.2) is 0 Å². The minimum atomic E-state index is -0.369. The molecule has 0 aromatic carbocycles. The Morgan fingerprint density at radius 3 is 2.58 bits per heavy atom. The van der Waals surface area contributed by atoms with E-state index < -0.39 is 0 Å². The number of rotatable bonds is 3. The fourth-order valence-electron chi connectivity index (χ4n) is 1.67. The number of thioether (sulfide) groups is 1. The lowest BCUT2D eigenvalue weighted by atomic mass is 10.1. The van der Waals surface area contributed by atoms with Gasteiger partial charge in [0, 0.05) is 17.4 Å². The van der Waals surface area contributed by atoms with Crippen molar-refractivity contribution in [2.24, 2.45) is 0 Å². The van der Waals surface area contributed by atoms with Crippen molar-refractivity contribution in [3.05, 3.63) is 24.3 Å². The molecule has 0 aromatic heterocycles. The first-order chi connectivity index (χ1) is 8.85. The molecule has 1 aliphatic rings. The molecule has 0 unspecified atom stereocenters. The summed E-state index contributed by atoms with van der Waals surface area (Å²) in [5.41, 5.74) is -0.278. The molecule has 0 aromatic rings. The van der Waals surface area contributed by atoms with Gasteiger partial charge in [-0.1, -0.05) is 18.2 Å². The van der Waals surface area contributed by atoms with Crippen molar-refractivity contribution in [3.8, 4) is 0 Å². The van der Waals surface area contributed by atoms with Crippen LogP contribution >= 0.6 is 11.8 Å². The van der Waals surface area contributed by atoms with Gasteiger partial charge in [-0.15, -0.1) is 11.8 Å². The molecular formula is C14H22N2O2S. The highest BCUT2D eigenvalue weighted by molar-refractivity contribution is 7.99. The first-order valence-corrected chi connectivity index (χ1v) is 7.50. The van der Waals surface area contributed by atoms with Gasteiger partial charge in [0.05, 0.1) is 5.88 Å². The Labute approximate surface area is 119 Å². The van der Waals surface area contributed by atoms with E-state index in [-0.39, 0.29) is 23.4 Å². The number of carbonyl (C=O) groups is 2. The number of carbonyl (C=O) groups excluding carboxylic acids is 2. The van der Waals surface area contributed by atoms with E-state index in [1.165, 1.54) is 6.08 Å². The smallest absolute Gasteiger partial charge is 0.247 e. The van der Waals surface area contributed by atoms with Crippen molar-refractivity contribution >= 4 is 23.6 Å². The van der Waals surface area contributed by atoms with Crippen molar-refractivity contribution in [3.63, 3.8) is 0 Å². The van der Waals surface area contributed by atoms with E-state index in [0.29, 0.717) is 11.6 Å². The molecule has 5 heteroatoms. The quantitative estimate of drug-likeness (QED) is 0.635. The summed E-state index contributed by atoms with van der Waals surface area (Å²) in [4.78, 5) is 25.8. The van der Waals surface area contributed by atoms with Crippen LogP contribution in [0, 0.1) is 0 Å². The molecule has 0 aliphatic carbocycles. The minimum Gasteiger partial charge on any atom is -0.350 e. The van der Waals surface area contributed by atoms with Gasteiger partial charge in [-0.3, -0.25) is 9.59 Å². The fourth-order valence-corrected chi connectivity index (χ4v) is 2.84.